The van der Waals surface area contributed by atoms with E-state index in [9.17, 15) is 0 Å². The molecule has 0 atom stereocenters. The van der Waals surface area contributed by atoms with Gasteiger partial charge in [0.2, 0.25) is 0 Å². The molecular weight excluding hydrogens is 400 g/mol. The van der Waals surface area contributed by atoms with E-state index < -0.39 is 0 Å². The summed E-state index contributed by atoms with van der Waals surface area (Å²) in [6.07, 6.45) is 14.2. The normalized spacial score (nSPS) is 8.89. The van der Waals surface area contributed by atoms with Crippen molar-refractivity contribution in [1.29, 1.82) is 0 Å². The second-order valence-electron chi connectivity index (χ2n) is 5.04. The van der Waals surface area contributed by atoms with E-state index in [2.05, 4.69) is 27.7 Å². The Morgan fingerprint density at radius 1 is 0.667 bits per heavy atom. The minimum absolute atomic E-state index is 0. The molecule has 0 aromatic rings. The van der Waals surface area contributed by atoms with Crippen LogP contribution in [0.15, 0.2) is 0 Å². The molecule has 0 aliphatic carbocycles. The SMILES string of the molecule is CCCCC[CH2][Hg][CH2]CCCCC.[CH2-]CCC.[Li+]. The number of unbranched alkanes of at least 4 members (excludes halogenated alkanes) is 7. The Morgan fingerprint density at radius 2 is 1.06 bits per heavy atom. The summed E-state index contributed by atoms with van der Waals surface area (Å²) in [6, 6.07) is 0. The van der Waals surface area contributed by atoms with Crippen LogP contribution >= 0.6 is 0 Å². The van der Waals surface area contributed by atoms with Gasteiger partial charge in [0.15, 0.2) is 0 Å². The minimum Gasteiger partial charge on any atom is -0.343 e. The zero-order valence-electron chi connectivity index (χ0n) is 13.9. The van der Waals surface area contributed by atoms with E-state index >= 15 is 0 Å². The molecule has 0 spiro atoms. The predicted octanol–water partition coefficient (Wildman–Crippen LogP) is 3.69. The van der Waals surface area contributed by atoms with Gasteiger partial charge in [-0.2, -0.15) is 6.42 Å². The average molecular weight is 435 g/mol. The first-order valence-electron chi connectivity index (χ1n) is 8.12. The summed E-state index contributed by atoms with van der Waals surface area (Å²) in [6.45, 7) is 10.3. The summed E-state index contributed by atoms with van der Waals surface area (Å²) in [4.78, 5) is 0. The van der Waals surface area contributed by atoms with Gasteiger partial charge in [-0.05, 0) is 0 Å². The summed E-state index contributed by atoms with van der Waals surface area (Å²) < 4.78 is 3.40. The van der Waals surface area contributed by atoms with Crippen molar-refractivity contribution < 1.29 is 43.4 Å². The van der Waals surface area contributed by atoms with Crippen molar-refractivity contribution in [2.24, 2.45) is 0 Å². The maximum absolute atomic E-state index is 3.60. The Morgan fingerprint density at radius 3 is 1.33 bits per heavy atom. The molecule has 18 heavy (non-hydrogen) atoms. The minimum atomic E-state index is -0.319. The molecule has 0 heterocycles. The van der Waals surface area contributed by atoms with Crippen molar-refractivity contribution in [3.05, 3.63) is 6.92 Å². The molecule has 0 amide bonds. The molecule has 2 heteroatoms. The van der Waals surface area contributed by atoms with E-state index in [0.29, 0.717) is 0 Å². The van der Waals surface area contributed by atoms with Crippen LogP contribution in [0.2, 0.25) is 7.86 Å². The van der Waals surface area contributed by atoms with Gasteiger partial charge in [0.25, 0.3) is 0 Å². The number of hydrogen-bond acceptors (Lipinski definition) is 0. The summed E-state index contributed by atoms with van der Waals surface area (Å²) in [5, 5.41) is 0. The summed E-state index contributed by atoms with van der Waals surface area (Å²) in [7, 11) is 0. The third-order valence-corrected chi connectivity index (χ3v) is 10.8. The van der Waals surface area contributed by atoms with Gasteiger partial charge < -0.3 is 6.92 Å². The van der Waals surface area contributed by atoms with Crippen LogP contribution in [0.25, 0.3) is 0 Å². The third kappa shape index (κ3) is 30.5. The molecule has 0 bridgehead atoms. The van der Waals surface area contributed by atoms with Crippen molar-refractivity contribution >= 4 is 0 Å². The molecule has 0 nitrogen and oxygen atoms in total. The first kappa shape index (κ1) is 24.5. The first-order chi connectivity index (χ1) is 8.33. The Kier molecular flexibility index (Phi) is 36.8. The largest absolute Gasteiger partial charge is 1.00 e. The van der Waals surface area contributed by atoms with Gasteiger partial charge in [-0.15, -0.1) is 0 Å². The monoisotopic (exact) mass is 436 g/mol. The summed E-state index contributed by atoms with van der Waals surface area (Å²) in [5.41, 5.74) is 0. The maximum atomic E-state index is 3.60. The van der Waals surface area contributed by atoms with Gasteiger partial charge in [0, 0.05) is 0 Å². The Balaban J connectivity index is -0.000000392. The fourth-order valence-electron chi connectivity index (χ4n) is 1.74. The molecule has 0 saturated carbocycles. The first-order valence-corrected chi connectivity index (χ1v) is 15.9. The Labute approximate surface area is 142 Å². The fraction of sp³-hybridized carbons (Fsp3) is 0.938. The van der Waals surface area contributed by atoms with Crippen LogP contribution < -0.4 is 18.9 Å². The molecule has 0 unspecified atom stereocenters. The van der Waals surface area contributed by atoms with Crippen molar-refractivity contribution in [3.8, 4) is 0 Å². The van der Waals surface area contributed by atoms with Gasteiger partial charge in [-0.1, -0.05) is 13.3 Å². The smallest absolute Gasteiger partial charge is 0.343 e. The second-order valence-corrected chi connectivity index (χ2v) is 13.3. The van der Waals surface area contributed by atoms with E-state index in [1.807, 2.05) is 0 Å². The topological polar surface area (TPSA) is 0 Å². The van der Waals surface area contributed by atoms with E-state index in [0.717, 1.165) is 6.42 Å². The number of rotatable bonds is 11. The zero-order valence-corrected chi connectivity index (χ0v) is 19.4. The van der Waals surface area contributed by atoms with Crippen LogP contribution in [0.3, 0.4) is 0 Å². The maximum Gasteiger partial charge on any atom is 1.00 e. The van der Waals surface area contributed by atoms with Crippen LogP contribution in [-0.4, -0.2) is 0 Å². The quantitative estimate of drug-likeness (QED) is 0.264. The Bertz CT molecular complexity index is 95.3. The predicted molar refractivity (Wildman–Crippen MR) is 78.2 cm³/mol. The molecule has 102 valence electrons. The molecule has 0 saturated heterocycles. The molecule has 0 radical (unpaired) electrons. The van der Waals surface area contributed by atoms with Gasteiger partial charge in [0.1, 0.15) is 0 Å². The molecule has 0 aliphatic rings. The van der Waals surface area contributed by atoms with Crippen molar-refractivity contribution in [2.75, 3.05) is 0 Å². The van der Waals surface area contributed by atoms with E-state index in [4.69, 9.17) is 0 Å². The standard InChI is InChI=1S/2C6H13.C4H9.Hg.Li/c2*1-3-5-6-4-2;1-3-4-2;;/h2*1,3-6H2,2H3;1,3-4H2,2H3;;/q;;-1;;+1. The van der Waals surface area contributed by atoms with Gasteiger partial charge in [-0.25, -0.2) is 0 Å². The summed E-state index contributed by atoms with van der Waals surface area (Å²) >= 11 is -0.319. The molecule has 0 N–H and O–H groups in total. The van der Waals surface area contributed by atoms with Crippen molar-refractivity contribution in [3.63, 3.8) is 0 Å². The van der Waals surface area contributed by atoms with E-state index in [1.165, 1.54) is 44.9 Å². The van der Waals surface area contributed by atoms with Crippen LogP contribution in [-0.2, 0) is 24.6 Å². The van der Waals surface area contributed by atoms with Crippen molar-refractivity contribution in [2.45, 2.75) is 92.8 Å². The fourth-order valence-corrected chi connectivity index (χ4v) is 8.61. The molecule has 0 aromatic carbocycles. The van der Waals surface area contributed by atoms with Crippen LogP contribution in [0, 0.1) is 6.92 Å². The zero-order chi connectivity index (χ0) is 13.2. The summed E-state index contributed by atoms with van der Waals surface area (Å²) in [5.74, 6) is 0. The van der Waals surface area contributed by atoms with E-state index in [-0.39, 0.29) is 43.4 Å². The van der Waals surface area contributed by atoms with E-state index in [1.54, 1.807) is 20.7 Å². The van der Waals surface area contributed by atoms with Gasteiger partial charge in [0.05, 0.1) is 0 Å². The molecular formula is C16H35HgLi. The molecule has 0 fully saturated rings. The van der Waals surface area contributed by atoms with Crippen molar-refractivity contribution in [1.82, 2.24) is 0 Å². The molecule has 0 aromatic heterocycles. The van der Waals surface area contributed by atoms with Gasteiger partial charge >= 0.3 is 117 Å². The van der Waals surface area contributed by atoms with Crippen LogP contribution in [0.5, 0.6) is 0 Å². The molecule has 0 rings (SSSR count). The average Bonchev–Trinajstić information content (AvgIpc) is 2.37. The van der Waals surface area contributed by atoms with Gasteiger partial charge in [-0.3, -0.25) is 0 Å². The molecule has 0 aliphatic heterocycles. The Hall–Kier alpha value is 1.53. The second kappa shape index (κ2) is 27.0. The third-order valence-electron chi connectivity index (χ3n) is 3.06. The van der Waals surface area contributed by atoms with Crippen LogP contribution in [0.1, 0.15) is 85.0 Å². The number of hydrogen-bond donors (Lipinski definition) is 0. The van der Waals surface area contributed by atoms with Crippen LogP contribution in [0.4, 0.5) is 0 Å².